The minimum atomic E-state index is -0.0822. The van der Waals surface area contributed by atoms with Crippen molar-refractivity contribution in [1.82, 2.24) is 9.88 Å². The van der Waals surface area contributed by atoms with Gasteiger partial charge >= 0.3 is 0 Å². The first-order valence-electron chi connectivity index (χ1n) is 9.23. The maximum Gasteiger partial charge on any atom is 0.268 e. The zero-order valence-electron chi connectivity index (χ0n) is 15.4. The summed E-state index contributed by atoms with van der Waals surface area (Å²) in [4.78, 5) is 36.4. The summed E-state index contributed by atoms with van der Waals surface area (Å²) >= 11 is 0. The molecule has 140 valence electrons. The summed E-state index contributed by atoms with van der Waals surface area (Å²) in [6.45, 7) is 4.78. The van der Waals surface area contributed by atoms with Crippen molar-refractivity contribution in [3.8, 4) is 0 Å². The number of carbonyl (C=O) groups excluding carboxylic acids is 3. The monoisotopic (exact) mass is 372 g/mol. The van der Waals surface area contributed by atoms with E-state index in [1.165, 1.54) is 6.08 Å². The van der Waals surface area contributed by atoms with Gasteiger partial charge in [0.2, 0.25) is 0 Å². The number of hydrogen-bond acceptors (Lipinski definition) is 3. The molecule has 1 aliphatic rings. The molecule has 4 rings (SSSR count). The quantitative estimate of drug-likeness (QED) is 0.534. The normalized spacial score (nSPS) is 13.1. The number of allylic oxidation sites excluding steroid dienone is 1. The second-order valence-electron chi connectivity index (χ2n) is 6.98. The molecule has 5 nitrogen and oxygen atoms in total. The Hall–Kier alpha value is -3.47. The van der Waals surface area contributed by atoms with Crippen LogP contribution in [0.2, 0.25) is 0 Å². The number of ketones is 2. The number of aromatic nitrogens is 1. The van der Waals surface area contributed by atoms with Gasteiger partial charge in [-0.2, -0.15) is 0 Å². The number of Topliss-reactive ketones (excluding diaryl/α,β-unsaturated/α-hetero) is 1. The maximum atomic E-state index is 12.8. The number of nitrogens with zero attached hydrogens (tertiary/aromatic N) is 1. The Labute approximate surface area is 162 Å². The summed E-state index contributed by atoms with van der Waals surface area (Å²) in [6, 6.07) is 14.9. The summed E-state index contributed by atoms with van der Waals surface area (Å²) in [5.41, 5.74) is 3.90. The lowest BCUT2D eigenvalue weighted by Gasteiger charge is -2.16. The number of rotatable bonds is 6. The van der Waals surface area contributed by atoms with Crippen molar-refractivity contribution in [1.29, 1.82) is 0 Å². The molecule has 0 spiro atoms. The SMILES string of the molecule is C=CC(=O)Cc1cccc(CC(=O)c2ccc3cc4n(c3c2)CCNC4=O)c1. The van der Waals surface area contributed by atoms with Crippen molar-refractivity contribution >= 4 is 28.4 Å². The summed E-state index contributed by atoms with van der Waals surface area (Å²) in [5.74, 6) is -0.123. The van der Waals surface area contributed by atoms with Gasteiger partial charge in [-0.1, -0.05) is 43.0 Å². The lowest BCUT2D eigenvalue weighted by Crippen LogP contribution is -2.34. The number of nitrogens with one attached hydrogen (secondary N) is 1. The Morgan fingerprint density at radius 1 is 1.07 bits per heavy atom. The highest BCUT2D eigenvalue weighted by atomic mass is 16.2. The predicted molar refractivity (Wildman–Crippen MR) is 108 cm³/mol. The molecule has 3 aromatic rings. The van der Waals surface area contributed by atoms with Crippen molar-refractivity contribution in [3.05, 3.63) is 83.6 Å². The summed E-state index contributed by atoms with van der Waals surface area (Å²) in [7, 11) is 0. The minimum absolute atomic E-state index is 0.00454. The lowest BCUT2D eigenvalue weighted by atomic mass is 9.99. The molecular weight excluding hydrogens is 352 g/mol. The number of fused-ring (bicyclic) bond motifs is 3. The fourth-order valence-corrected chi connectivity index (χ4v) is 3.64. The van der Waals surface area contributed by atoms with Crippen LogP contribution in [0.3, 0.4) is 0 Å². The van der Waals surface area contributed by atoms with Crippen LogP contribution in [0.5, 0.6) is 0 Å². The van der Waals surface area contributed by atoms with Crippen molar-refractivity contribution in [3.63, 3.8) is 0 Å². The largest absolute Gasteiger partial charge is 0.349 e. The third kappa shape index (κ3) is 3.39. The molecule has 2 aromatic carbocycles. The smallest absolute Gasteiger partial charge is 0.268 e. The molecule has 0 saturated carbocycles. The van der Waals surface area contributed by atoms with Crippen molar-refractivity contribution in [2.24, 2.45) is 0 Å². The molecule has 0 bridgehead atoms. The van der Waals surface area contributed by atoms with Gasteiger partial charge in [0.15, 0.2) is 11.6 Å². The van der Waals surface area contributed by atoms with E-state index in [2.05, 4.69) is 11.9 Å². The van der Waals surface area contributed by atoms with Crippen LogP contribution in [0.4, 0.5) is 0 Å². The van der Waals surface area contributed by atoms with E-state index in [0.717, 1.165) is 22.0 Å². The summed E-state index contributed by atoms with van der Waals surface area (Å²) in [6.07, 6.45) is 1.86. The van der Waals surface area contributed by atoms with Crippen molar-refractivity contribution < 1.29 is 14.4 Å². The first-order chi connectivity index (χ1) is 13.5. The van der Waals surface area contributed by atoms with Gasteiger partial charge in [0.1, 0.15) is 5.69 Å². The number of amides is 1. The highest BCUT2D eigenvalue weighted by Gasteiger charge is 2.20. The van der Waals surface area contributed by atoms with E-state index in [0.29, 0.717) is 24.3 Å². The second kappa shape index (κ2) is 7.27. The van der Waals surface area contributed by atoms with Gasteiger partial charge in [0.05, 0.1) is 0 Å². The first kappa shape index (κ1) is 17.9. The molecule has 1 N–H and O–H groups in total. The van der Waals surface area contributed by atoms with Gasteiger partial charge < -0.3 is 9.88 Å². The molecule has 0 saturated heterocycles. The Bertz CT molecular complexity index is 1120. The second-order valence-corrected chi connectivity index (χ2v) is 6.98. The Morgan fingerprint density at radius 3 is 2.64 bits per heavy atom. The van der Waals surface area contributed by atoms with Gasteiger partial charge in [-0.15, -0.1) is 0 Å². The van der Waals surface area contributed by atoms with Crippen LogP contribution < -0.4 is 5.32 Å². The maximum absolute atomic E-state index is 12.8. The molecule has 1 aliphatic heterocycles. The van der Waals surface area contributed by atoms with Crippen LogP contribution in [0.1, 0.15) is 32.0 Å². The number of hydrogen-bond donors (Lipinski definition) is 1. The van der Waals surface area contributed by atoms with E-state index in [1.54, 1.807) is 6.07 Å². The lowest BCUT2D eigenvalue weighted by molar-refractivity contribution is -0.114. The van der Waals surface area contributed by atoms with Crippen LogP contribution in [-0.2, 0) is 24.2 Å². The molecule has 0 fully saturated rings. The molecule has 0 unspecified atom stereocenters. The standard InChI is InChI=1S/C23H20N2O3/c1-2-19(26)11-15-4-3-5-16(10-15)12-22(27)18-7-6-17-13-21-23(28)24-8-9-25(21)20(17)14-18/h2-7,10,13-14H,1,8-9,11-12H2,(H,24,28). The molecule has 28 heavy (non-hydrogen) atoms. The Morgan fingerprint density at radius 2 is 1.86 bits per heavy atom. The first-order valence-corrected chi connectivity index (χ1v) is 9.23. The van der Waals surface area contributed by atoms with E-state index in [1.807, 2.05) is 47.0 Å². The minimum Gasteiger partial charge on any atom is -0.349 e. The van der Waals surface area contributed by atoms with Gasteiger partial charge in [-0.3, -0.25) is 14.4 Å². The molecular formula is C23H20N2O3. The number of carbonyl (C=O) groups is 3. The molecule has 1 aromatic heterocycles. The Balaban J connectivity index is 1.59. The molecule has 0 aliphatic carbocycles. The van der Waals surface area contributed by atoms with Gasteiger partial charge in [-0.25, -0.2) is 0 Å². The van der Waals surface area contributed by atoms with Crippen LogP contribution in [0, 0.1) is 0 Å². The van der Waals surface area contributed by atoms with Crippen LogP contribution in [0.15, 0.2) is 61.2 Å². The van der Waals surface area contributed by atoms with E-state index in [-0.39, 0.29) is 30.3 Å². The zero-order chi connectivity index (χ0) is 19.7. The summed E-state index contributed by atoms with van der Waals surface area (Å²) < 4.78 is 1.96. The van der Waals surface area contributed by atoms with Crippen LogP contribution in [-0.4, -0.2) is 28.6 Å². The van der Waals surface area contributed by atoms with Gasteiger partial charge in [0.25, 0.3) is 5.91 Å². The van der Waals surface area contributed by atoms with Crippen molar-refractivity contribution in [2.75, 3.05) is 6.54 Å². The highest BCUT2D eigenvalue weighted by molar-refractivity contribution is 6.03. The average Bonchev–Trinajstić information content (AvgIpc) is 3.07. The van der Waals surface area contributed by atoms with E-state index in [4.69, 9.17) is 0 Å². The average molecular weight is 372 g/mol. The van der Waals surface area contributed by atoms with Crippen molar-refractivity contribution in [2.45, 2.75) is 19.4 Å². The number of benzene rings is 2. The predicted octanol–water partition coefficient (Wildman–Crippen LogP) is 3.11. The molecule has 1 amide bonds. The van der Waals surface area contributed by atoms with Crippen LogP contribution in [0.25, 0.3) is 10.9 Å². The van der Waals surface area contributed by atoms with E-state index in [9.17, 15) is 14.4 Å². The zero-order valence-corrected chi connectivity index (χ0v) is 15.4. The van der Waals surface area contributed by atoms with Gasteiger partial charge in [-0.05, 0) is 29.3 Å². The Kier molecular flexibility index (Phi) is 4.65. The summed E-state index contributed by atoms with van der Waals surface area (Å²) in [5, 5.41) is 3.79. The molecule has 0 radical (unpaired) electrons. The third-order valence-electron chi connectivity index (χ3n) is 5.04. The molecule has 5 heteroatoms. The van der Waals surface area contributed by atoms with Gasteiger partial charge in [0, 0.05) is 42.4 Å². The fraction of sp³-hybridized carbons (Fsp3) is 0.174. The fourth-order valence-electron chi connectivity index (χ4n) is 3.64. The van der Waals surface area contributed by atoms with E-state index < -0.39 is 0 Å². The van der Waals surface area contributed by atoms with Crippen LogP contribution >= 0.6 is 0 Å². The molecule has 2 heterocycles. The topological polar surface area (TPSA) is 68.2 Å². The highest BCUT2D eigenvalue weighted by Crippen LogP contribution is 2.24. The third-order valence-corrected chi connectivity index (χ3v) is 5.04. The molecule has 0 atom stereocenters. The van der Waals surface area contributed by atoms with E-state index >= 15 is 0 Å².